The van der Waals surface area contributed by atoms with Crippen LogP contribution >= 0.6 is 0 Å². The van der Waals surface area contributed by atoms with Crippen LogP contribution in [0.4, 0.5) is 4.79 Å². The van der Waals surface area contributed by atoms with E-state index in [1.165, 1.54) is 0 Å². The summed E-state index contributed by atoms with van der Waals surface area (Å²) in [5.74, 6) is 1.77. The number of methoxy groups -OCH3 is 3. The predicted molar refractivity (Wildman–Crippen MR) is 106 cm³/mol. The van der Waals surface area contributed by atoms with E-state index >= 15 is 0 Å². The number of nitrogens with one attached hydrogen (secondary N) is 1. The number of nitrogens with zero attached hydrogens (tertiary/aromatic N) is 1. The number of carbonyl (C=O) groups excluding carboxylic acids is 1. The number of hydrogen-bond donors (Lipinski definition) is 1. The molecule has 1 aromatic carbocycles. The first kappa shape index (κ1) is 20.6. The van der Waals surface area contributed by atoms with Crippen molar-refractivity contribution in [2.75, 3.05) is 34.5 Å². The SMILES string of the molecule is COc1ccc(CN(C(=O)NC[C@H]2CCCO2)C2CCCC2)c(OC)c1OC. The molecule has 1 aliphatic heterocycles. The molecule has 2 amide bonds. The minimum Gasteiger partial charge on any atom is -0.493 e. The Morgan fingerprint density at radius 2 is 1.82 bits per heavy atom. The van der Waals surface area contributed by atoms with Crippen molar-refractivity contribution in [2.45, 2.75) is 57.2 Å². The van der Waals surface area contributed by atoms with E-state index in [4.69, 9.17) is 18.9 Å². The van der Waals surface area contributed by atoms with Crippen LogP contribution in [0.1, 0.15) is 44.1 Å². The maximum Gasteiger partial charge on any atom is 0.318 e. The maximum atomic E-state index is 13.0. The maximum absolute atomic E-state index is 13.0. The van der Waals surface area contributed by atoms with E-state index in [0.717, 1.165) is 50.7 Å². The van der Waals surface area contributed by atoms with Crippen LogP contribution in [0.2, 0.25) is 0 Å². The van der Waals surface area contributed by atoms with Gasteiger partial charge < -0.3 is 29.2 Å². The van der Waals surface area contributed by atoms with Gasteiger partial charge in [0.2, 0.25) is 5.75 Å². The van der Waals surface area contributed by atoms with E-state index in [1.807, 2.05) is 17.0 Å². The summed E-state index contributed by atoms with van der Waals surface area (Å²) >= 11 is 0. The summed E-state index contributed by atoms with van der Waals surface area (Å²) in [7, 11) is 4.80. The average molecular weight is 392 g/mol. The molecule has 1 atom stereocenters. The fourth-order valence-corrected chi connectivity index (χ4v) is 4.16. The first-order valence-corrected chi connectivity index (χ1v) is 10.1. The summed E-state index contributed by atoms with van der Waals surface area (Å²) in [6, 6.07) is 3.99. The van der Waals surface area contributed by atoms with Gasteiger partial charge in [-0.25, -0.2) is 4.79 Å². The summed E-state index contributed by atoms with van der Waals surface area (Å²) in [5.41, 5.74) is 0.902. The van der Waals surface area contributed by atoms with Crippen molar-refractivity contribution >= 4 is 6.03 Å². The Morgan fingerprint density at radius 1 is 1.07 bits per heavy atom. The lowest BCUT2D eigenvalue weighted by atomic mass is 10.1. The predicted octanol–water partition coefficient (Wildman–Crippen LogP) is 3.35. The Labute approximate surface area is 167 Å². The highest BCUT2D eigenvalue weighted by molar-refractivity contribution is 5.75. The molecule has 7 nitrogen and oxygen atoms in total. The molecule has 7 heteroatoms. The minimum atomic E-state index is -0.0424. The van der Waals surface area contributed by atoms with E-state index in [0.29, 0.717) is 30.3 Å². The molecular weight excluding hydrogens is 360 g/mol. The molecule has 1 aliphatic carbocycles. The van der Waals surface area contributed by atoms with E-state index in [2.05, 4.69) is 5.32 Å². The van der Waals surface area contributed by atoms with Gasteiger partial charge in [0, 0.05) is 24.8 Å². The molecular formula is C21H32N2O5. The van der Waals surface area contributed by atoms with Crippen molar-refractivity contribution in [2.24, 2.45) is 0 Å². The van der Waals surface area contributed by atoms with Gasteiger partial charge in [-0.1, -0.05) is 12.8 Å². The van der Waals surface area contributed by atoms with Crippen LogP contribution in [0, 0.1) is 0 Å². The third kappa shape index (κ3) is 4.63. The van der Waals surface area contributed by atoms with Gasteiger partial charge in [-0.3, -0.25) is 0 Å². The van der Waals surface area contributed by atoms with Crippen molar-refractivity contribution in [3.05, 3.63) is 17.7 Å². The number of amides is 2. The highest BCUT2D eigenvalue weighted by Gasteiger charge is 2.29. The van der Waals surface area contributed by atoms with E-state index in [1.54, 1.807) is 21.3 Å². The molecule has 1 N–H and O–H groups in total. The Morgan fingerprint density at radius 3 is 2.43 bits per heavy atom. The van der Waals surface area contributed by atoms with Crippen molar-refractivity contribution in [1.82, 2.24) is 10.2 Å². The minimum absolute atomic E-state index is 0.0424. The Hall–Kier alpha value is -2.15. The molecule has 0 spiro atoms. The van der Waals surface area contributed by atoms with Crippen molar-refractivity contribution < 1.29 is 23.7 Å². The lowest BCUT2D eigenvalue weighted by Gasteiger charge is -2.30. The Bertz CT molecular complexity index is 654. The molecule has 2 aliphatic rings. The number of ether oxygens (including phenoxy) is 4. The number of carbonyl (C=O) groups is 1. The second-order valence-electron chi connectivity index (χ2n) is 7.38. The molecule has 1 saturated heterocycles. The standard InChI is InChI=1S/C21H32N2O5/c1-25-18-11-10-15(19(26-2)20(18)27-3)14-23(16-7-4-5-8-16)21(24)22-13-17-9-6-12-28-17/h10-11,16-17H,4-9,12-14H2,1-3H3,(H,22,24)/t17-/m1/s1. The van der Waals surface area contributed by atoms with Crippen LogP contribution in [0.15, 0.2) is 12.1 Å². The van der Waals surface area contributed by atoms with Crippen molar-refractivity contribution in [1.29, 1.82) is 0 Å². The molecule has 28 heavy (non-hydrogen) atoms. The van der Waals surface area contributed by atoms with Crippen LogP contribution in [0.5, 0.6) is 17.2 Å². The summed E-state index contributed by atoms with van der Waals surface area (Å²) in [4.78, 5) is 15.0. The largest absolute Gasteiger partial charge is 0.493 e. The van der Waals surface area contributed by atoms with Gasteiger partial charge in [0.05, 0.1) is 34.0 Å². The fraction of sp³-hybridized carbons (Fsp3) is 0.667. The lowest BCUT2D eigenvalue weighted by Crippen LogP contribution is -2.46. The molecule has 0 unspecified atom stereocenters. The molecule has 1 aromatic rings. The second-order valence-corrected chi connectivity index (χ2v) is 7.38. The van der Waals surface area contributed by atoms with Gasteiger partial charge in [0.15, 0.2) is 11.5 Å². The number of benzene rings is 1. The van der Waals surface area contributed by atoms with Gasteiger partial charge in [0.1, 0.15) is 0 Å². The van der Waals surface area contributed by atoms with E-state index in [9.17, 15) is 4.79 Å². The Balaban J connectivity index is 1.78. The zero-order valence-electron chi connectivity index (χ0n) is 17.2. The smallest absolute Gasteiger partial charge is 0.318 e. The van der Waals surface area contributed by atoms with Crippen LogP contribution < -0.4 is 19.5 Å². The molecule has 2 fully saturated rings. The van der Waals surface area contributed by atoms with Crippen molar-refractivity contribution in [3.63, 3.8) is 0 Å². The average Bonchev–Trinajstić information content (AvgIpc) is 3.43. The molecule has 1 heterocycles. The second kappa shape index (κ2) is 9.87. The van der Waals surface area contributed by atoms with E-state index in [-0.39, 0.29) is 18.2 Å². The molecule has 0 aromatic heterocycles. The highest BCUT2D eigenvalue weighted by atomic mass is 16.5. The number of hydrogen-bond acceptors (Lipinski definition) is 5. The van der Waals surface area contributed by atoms with Gasteiger partial charge >= 0.3 is 6.03 Å². The summed E-state index contributed by atoms with van der Waals surface area (Å²) in [6.45, 7) is 1.81. The molecule has 1 saturated carbocycles. The van der Waals surface area contributed by atoms with Crippen LogP contribution in [0.3, 0.4) is 0 Å². The lowest BCUT2D eigenvalue weighted by molar-refractivity contribution is 0.106. The summed E-state index contributed by atoms with van der Waals surface area (Å²) in [6.07, 6.45) is 6.58. The zero-order chi connectivity index (χ0) is 19.9. The summed E-state index contributed by atoms with van der Waals surface area (Å²) in [5, 5.41) is 3.08. The van der Waals surface area contributed by atoms with Crippen LogP contribution in [0.25, 0.3) is 0 Å². The fourth-order valence-electron chi connectivity index (χ4n) is 4.16. The van der Waals surface area contributed by atoms with Gasteiger partial charge in [0.25, 0.3) is 0 Å². The molecule has 3 rings (SSSR count). The Kier molecular flexibility index (Phi) is 7.25. The van der Waals surface area contributed by atoms with Crippen molar-refractivity contribution in [3.8, 4) is 17.2 Å². The topological polar surface area (TPSA) is 69.3 Å². The van der Waals surface area contributed by atoms with Gasteiger partial charge in [-0.15, -0.1) is 0 Å². The highest BCUT2D eigenvalue weighted by Crippen LogP contribution is 2.40. The monoisotopic (exact) mass is 392 g/mol. The van der Waals surface area contributed by atoms with Crippen LogP contribution in [-0.2, 0) is 11.3 Å². The third-order valence-corrected chi connectivity index (χ3v) is 5.66. The number of urea groups is 1. The van der Waals surface area contributed by atoms with E-state index < -0.39 is 0 Å². The molecule has 0 radical (unpaired) electrons. The first-order valence-electron chi connectivity index (χ1n) is 10.1. The summed E-state index contributed by atoms with van der Waals surface area (Å²) < 4.78 is 22.1. The zero-order valence-corrected chi connectivity index (χ0v) is 17.2. The van der Waals surface area contributed by atoms with Gasteiger partial charge in [-0.2, -0.15) is 0 Å². The molecule has 156 valence electrons. The first-order chi connectivity index (χ1) is 13.7. The van der Waals surface area contributed by atoms with Gasteiger partial charge in [-0.05, 0) is 37.8 Å². The number of rotatable bonds is 8. The van der Waals surface area contributed by atoms with Crippen LogP contribution in [-0.4, -0.2) is 57.6 Å². The quantitative estimate of drug-likeness (QED) is 0.735. The third-order valence-electron chi connectivity index (χ3n) is 5.66. The molecule has 0 bridgehead atoms. The normalized spacial score (nSPS) is 19.5.